The van der Waals surface area contributed by atoms with Crippen molar-refractivity contribution < 1.29 is 18.3 Å². The summed E-state index contributed by atoms with van der Waals surface area (Å²) in [6.45, 7) is 0. The average Bonchev–Trinajstić information content (AvgIpc) is 2.83. The Morgan fingerprint density at radius 3 is 2.59 bits per heavy atom. The lowest BCUT2D eigenvalue weighted by molar-refractivity contribution is 0.0607. The van der Waals surface area contributed by atoms with E-state index in [4.69, 9.17) is 5.73 Å². The van der Waals surface area contributed by atoms with Gasteiger partial charge in [0, 0.05) is 17.8 Å². The number of fused-ring (bicyclic) bond motifs is 1. The third-order valence-corrected chi connectivity index (χ3v) is 4.36. The fourth-order valence-corrected chi connectivity index (χ4v) is 3.32. The van der Waals surface area contributed by atoms with Crippen molar-refractivity contribution in [3.8, 4) is 11.1 Å². The number of carbonyl (C=O) groups is 1. The van der Waals surface area contributed by atoms with E-state index in [1.54, 1.807) is 6.07 Å². The molecule has 1 aromatic carbocycles. The van der Waals surface area contributed by atoms with Crippen molar-refractivity contribution in [1.29, 1.82) is 0 Å². The Morgan fingerprint density at radius 2 is 1.95 bits per heavy atom. The molecule has 0 spiro atoms. The maximum atomic E-state index is 13.4. The van der Waals surface area contributed by atoms with Crippen molar-refractivity contribution in [3.63, 3.8) is 0 Å². The van der Waals surface area contributed by atoms with Crippen LogP contribution in [0.4, 0.5) is 14.5 Å². The number of nitrogens with zero attached hydrogens (tertiary/aromatic N) is 1. The first kappa shape index (κ1) is 14.4. The van der Waals surface area contributed by atoms with E-state index in [2.05, 4.69) is 9.72 Å². The highest BCUT2D eigenvalue weighted by molar-refractivity contribution is 7.22. The number of ether oxygens (including phenoxy) is 1. The van der Waals surface area contributed by atoms with Gasteiger partial charge in [-0.2, -0.15) is 0 Å². The predicted octanol–water partition coefficient (Wildman–Crippen LogP) is 3.61. The highest BCUT2D eigenvalue weighted by Gasteiger charge is 2.20. The number of anilines is 1. The topological polar surface area (TPSA) is 65.2 Å². The molecule has 0 unspecified atom stereocenters. The first-order valence-corrected chi connectivity index (χ1v) is 7.04. The summed E-state index contributed by atoms with van der Waals surface area (Å²) < 4.78 is 32.1. The van der Waals surface area contributed by atoms with E-state index < -0.39 is 17.6 Å². The maximum Gasteiger partial charge on any atom is 0.350 e. The van der Waals surface area contributed by atoms with Gasteiger partial charge in [0.15, 0.2) is 0 Å². The van der Waals surface area contributed by atoms with Gasteiger partial charge < -0.3 is 10.5 Å². The maximum absolute atomic E-state index is 13.4. The summed E-state index contributed by atoms with van der Waals surface area (Å²) in [5.74, 6) is -1.94. The minimum Gasteiger partial charge on any atom is -0.465 e. The number of nitrogens with two attached hydrogens (primary N) is 1. The summed E-state index contributed by atoms with van der Waals surface area (Å²) >= 11 is 1.08. The fraction of sp³-hybridized carbons (Fsp3) is 0.0667. The molecule has 7 heteroatoms. The number of hydrogen-bond acceptors (Lipinski definition) is 5. The predicted molar refractivity (Wildman–Crippen MR) is 80.7 cm³/mol. The molecule has 4 nitrogen and oxygen atoms in total. The van der Waals surface area contributed by atoms with Crippen LogP contribution < -0.4 is 5.73 Å². The third kappa shape index (κ3) is 2.29. The summed E-state index contributed by atoms with van der Waals surface area (Å²) in [5.41, 5.74) is 7.43. The van der Waals surface area contributed by atoms with E-state index in [1.807, 2.05) is 0 Å². The number of hydrogen-bond donors (Lipinski definition) is 1. The molecule has 0 aliphatic rings. The molecule has 2 aromatic heterocycles. The standard InChI is InChI=1S/C15H10F2N2O2S/c1-21-15(20)14-11(18)12-13(22-14)10(2-3-19-12)7-4-8(16)6-9(17)5-7/h2-6H,18H2,1H3. The Balaban J connectivity index is 2.29. The lowest BCUT2D eigenvalue weighted by Gasteiger charge is -2.04. The van der Waals surface area contributed by atoms with Crippen molar-refractivity contribution in [2.24, 2.45) is 0 Å². The summed E-state index contributed by atoms with van der Waals surface area (Å²) in [6.07, 6.45) is 1.48. The van der Waals surface area contributed by atoms with Gasteiger partial charge >= 0.3 is 5.97 Å². The highest BCUT2D eigenvalue weighted by Crippen LogP contribution is 2.39. The first-order valence-electron chi connectivity index (χ1n) is 6.23. The molecule has 0 saturated carbocycles. The summed E-state index contributed by atoms with van der Waals surface area (Å²) in [5, 5.41) is 0. The minimum atomic E-state index is -0.683. The monoisotopic (exact) mass is 320 g/mol. The highest BCUT2D eigenvalue weighted by atomic mass is 32.1. The van der Waals surface area contributed by atoms with Gasteiger partial charge in [0.25, 0.3) is 0 Å². The molecule has 2 heterocycles. The van der Waals surface area contributed by atoms with E-state index in [0.717, 1.165) is 17.4 Å². The Bertz CT molecular complexity index is 872. The zero-order valence-electron chi connectivity index (χ0n) is 11.4. The van der Waals surface area contributed by atoms with Crippen LogP contribution in [0.15, 0.2) is 30.5 Å². The van der Waals surface area contributed by atoms with Gasteiger partial charge in [0.2, 0.25) is 0 Å². The van der Waals surface area contributed by atoms with Crippen LogP contribution in [-0.2, 0) is 4.74 Å². The van der Waals surface area contributed by atoms with Gasteiger partial charge in [-0.25, -0.2) is 13.6 Å². The Labute approximate surface area is 128 Å². The normalized spacial score (nSPS) is 10.9. The van der Waals surface area contributed by atoms with Crippen LogP contribution in [0, 0.1) is 11.6 Å². The minimum absolute atomic E-state index is 0.200. The van der Waals surface area contributed by atoms with Gasteiger partial charge in [-0.1, -0.05) is 0 Å². The van der Waals surface area contributed by atoms with Crippen LogP contribution in [0.25, 0.3) is 21.3 Å². The SMILES string of the molecule is COC(=O)c1sc2c(-c3cc(F)cc(F)c3)ccnc2c1N. The summed E-state index contributed by atoms with van der Waals surface area (Å²) in [4.78, 5) is 16.1. The lowest BCUT2D eigenvalue weighted by atomic mass is 10.1. The van der Waals surface area contributed by atoms with Crippen LogP contribution in [0.3, 0.4) is 0 Å². The summed E-state index contributed by atoms with van der Waals surface area (Å²) in [7, 11) is 1.25. The Kier molecular flexibility index (Phi) is 3.50. The number of methoxy groups -OCH3 is 1. The molecule has 0 amide bonds. The molecular formula is C15H10F2N2O2S. The van der Waals surface area contributed by atoms with Crippen LogP contribution in [0.5, 0.6) is 0 Å². The molecule has 0 aliphatic carbocycles. The first-order chi connectivity index (χ1) is 10.5. The molecule has 0 atom stereocenters. The lowest BCUT2D eigenvalue weighted by Crippen LogP contribution is -2.01. The molecule has 0 aliphatic heterocycles. The average molecular weight is 320 g/mol. The van der Waals surface area contributed by atoms with Crippen LogP contribution in [-0.4, -0.2) is 18.1 Å². The van der Waals surface area contributed by atoms with E-state index in [1.165, 1.54) is 25.4 Å². The van der Waals surface area contributed by atoms with Gasteiger partial charge in [0.05, 0.1) is 17.5 Å². The number of rotatable bonds is 2. The van der Waals surface area contributed by atoms with Gasteiger partial charge in [-0.05, 0) is 23.8 Å². The molecule has 112 valence electrons. The molecule has 0 radical (unpaired) electrons. The number of thiophene rings is 1. The largest absolute Gasteiger partial charge is 0.465 e. The van der Waals surface area contributed by atoms with Crippen LogP contribution in [0.2, 0.25) is 0 Å². The molecule has 0 saturated heterocycles. The van der Waals surface area contributed by atoms with E-state index in [9.17, 15) is 13.6 Å². The van der Waals surface area contributed by atoms with E-state index in [-0.39, 0.29) is 10.6 Å². The molecular weight excluding hydrogens is 310 g/mol. The zero-order chi connectivity index (χ0) is 15.9. The van der Waals surface area contributed by atoms with Crippen molar-refractivity contribution in [2.75, 3.05) is 12.8 Å². The second-order valence-corrected chi connectivity index (χ2v) is 5.55. The van der Waals surface area contributed by atoms with Gasteiger partial charge in [-0.3, -0.25) is 4.98 Å². The number of esters is 1. The Morgan fingerprint density at radius 1 is 1.27 bits per heavy atom. The molecule has 0 bridgehead atoms. The molecule has 2 N–H and O–H groups in total. The van der Waals surface area contributed by atoms with Crippen molar-refractivity contribution in [2.45, 2.75) is 0 Å². The quantitative estimate of drug-likeness (QED) is 0.733. The van der Waals surface area contributed by atoms with Gasteiger partial charge in [-0.15, -0.1) is 11.3 Å². The smallest absolute Gasteiger partial charge is 0.350 e. The number of aromatic nitrogens is 1. The van der Waals surface area contributed by atoms with Crippen LogP contribution >= 0.6 is 11.3 Å². The van der Waals surface area contributed by atoms with E-state index >= 15 is 0 Å². The van der Waals surface area contributed by atoms with Crippen molar-refractivity contribution in [3.05, 3.63) is 47.0 Å². The Hall–Kier alpha value is -2.54. The van der Waals surface area contributed by atoms with Crippen molar-refractivity contribution in [1.82, 2.24) is 4.98 Å². The van der Waals surface area contributed by atoms with Crippen LogP contribution in [0.1, 0.15) is 9.67 Å². The van der Waals surface area contributed by atoms with Crippen molar-refractivity contribution >= 4 is 33.2 Å². The third-order valence-electron chi connectivity index (χ3n) is 3.15. The molecule has 0 fully saturated rings. The summed E-state index contributed by atoms with van der Waals surface area (Å²) in [6, 6.07) is 4.84. The second kappa shape index (κ2) is 5.34. The zero-order valence-corrected chi connectivity index (χ0v) is 12.2. The van der Waals surface area contributed by atoms with E-state index in [0.29, 0.717) is 21.3 Å². The number of nitrogen functional groups attached to an aromatic ring is 1. The number of benzene rings is 1. The number of halogens is 2. The number of pyridine rings is 1. The molecule has 22 heavy (non-hydrogen) atoms. The molecule has 3 rings (SSSR count). The van der Waals surface area contributed by atoms with Gasteiger partial charge in [0.1, 0.15) is 22.0 Å². The molecule has 3 aromatic rings. The number of carbonyl (C=O) groups excluding carboxylic acids is 1. The second-order valence-electron chi connectivity index (χ2n) is 4.53. The fourth-order valence-electron chi connectivity index (χ4n) is 2.19.